The van der Waals surface area contributed by atoms with E-state index in [0.29, 0.717) is 30.6 Å². The highest BCUT2D eigenvalue weighted by Crippen LogP contribution is 2.33. The minimum Gasteiger partial charge on any atom is -0.443 e. The first-order chi connectivity index (χ1) is 25.8. The van der Waals surface area contributed by atoms with E-state index in [2.05, 4.69) is 25.1 Å². The molecule has 2 saturated heterocycles. The number of ether oxygens (including phenoxy) is 1. The molecule has 1 aliphatic carbocycles. The summed E-state index contributed by atoms with van der Waals surface area (Å²) in [4.78, 5) is 74.1. The van der Waals surface area contributed by atoms with Crippen LogP contribution in [-0.4, -0.2) is 107 Å². The molecule has 2 aliphatic heterocycles. The number of hydrogen-bond donors (Lipinski definition) is 1. The molecule has 1 N–H and O–H groups in total. The molecule has 3 heterocycles. The van der Waals surface area contributed by atoms with Crippen LogP contribution >= 0.6 is 0 Å². The Kier molecular flexibility index (Phi) is 12.9. The van der Waals surface area contributed by atoms with Crippen LogP contribution in [0.2, 0.25) is 0 Å². The lowest BCUT2D eigenvalue weighted by molar-refractivity contribution is -0.185. The Hall–Kier alpha value is -5.08. The average Bonchev–Trinajstić information content (AvgIpc) is 3.98. The number of likely N-dealkylation sites (N-methyl/N-ethyl adjacent to an activating group) is 1. The van der Waals surface area contributed by atoms with Crippen LogP contribution in [0.5, 0.6) is 0 Å². The first-order valence-electron chi connectivity index (χ1n) is 18.5. The summed E-state index contributed by atoms with van der Waals surface area (Å²) in [6.45, 7) is 1.75. The summed E-state index contributed by atoms with van der Waals surface area (Å²) in [6, 6.07) is 19.7. The van der Waals surface area contributed by atoms with E-state index in [4.69, 9.17) is 9.57 Å². The maximum atomic E-state index is 14.8. The van der Waals surface area contributed by atoms with E-state index in [1.807, 2.05) is 74.8 Å². The van der Waals surface area contributed by atoms with Crippen LogP contribution in [0.3, 0.4) is 0 Å². The fourth-order valence-corrected chi connectivity index (χ4v) is 7.42. The number of benzene rings is 2. The third kappa shape index (κ3) is 9.87. The van der Waals surface area contributed by atoms with Gasteiger partial charge in [0.15, 0.2) is 0 Å². The maximum Gasteiger partial charge on any atom is 0.429 e. The molecular formula is C39H50N8O6. The number of carbonyl (C=O) groups is 4. The standard InChI is InChI=1S/C39H50N8O6/c1-43(2)33-18-21-44(25-33)38-40-20-17-35(42-38)41-36(49)34-19-22-46(39(51)52-26-30-13-5-3-6-14-30)47(34)37(50)32(23-29-11-9-10-12-29)24-45(28-48)53-27-31-15-7-4-8-16-31/h3-8,13-17,20,28-29,32-34H,9-12,18-19,21-27H2,1-2H3,(H,40,41,42,49)/t32-,33+,34+/m1/s1. The summed E-state index contributed by atoms with van der Waals surface area (Å²) >= 11 is 0. The number of hydrazine groups is 1. The number of anilines is 2. The van der Waals surface area contributed by atoms with Gasteiger partial charge in [0.05, 0.1) is 12.5 Å². The largest absolute Gasteiger partial charge is 0.443 e. The van der Waals surface area contributed by atoms with Crippen molar-refractivity contribution in [2.75, 3.05) is 50.5 Å². The van der Waals surface area contributed by atoms with Gasteiger partial charge < -0.3 is 19.9 Å². The molecule has 2 aromatic carbocycles. The zero-order valence-electron chi connectivity index (χ0n) is 30.6. The highest BCUT2D eigenvalue weighted by Gasteiger charge is 2.46. The van der Waals surface area contributed by atoms with Gasteiger partial charge >= 0.3 is 6.09 Å². The van der Waals surface area contributed by atoms with E-state index in [-0.39, 0.29) is 38.6 Å². The van der Waals surface area contributed by atoms with Crippen molar-refractivity contribution in [2.24, 2.45) is 11.8 Å². The van der Waals surface area contributed by atoms with Crippen molar-refractivity contribution in [1.29, 1.82) is 0 Å². The van der Waals surface area contributed by atoms with Crippen molar-refractivity contribution < 1.29 is 28.8 Å². The second-order valence-electron chi connectivity index (χ2n) is 14.3. The Balaban J connectivity index is 1.22. The van der Waals surface area contributed by atoms with Gasteiger partial charge in [-0.25, -0.2) is 24.9 Å². The molecule has 4 amide bonds. The van der Waals surface area contributed by atoms with Crippen molar-refractivity contribution in [1.82, 2.24) is 29.9 Å². The number of aromatic nitrogens is 2. The van der Waals surface area contributed by atoms with Gasteiger partial charge in [0.1, 0.15) is 25.1 Å². The van der Waals surface area contributed by atoms with Gasteiger partial charge in [-0.05, 0) is 56.5 Å². The molecule has 0 unspecified atom stereocenters. The molecule has 3 atom stereocenters. The van der Waals surface area contributed by atoms with Crippen LogP contribution in [0, 0.1) is 11.8 Å². The smallest absolute Gasteiger partial charge is 0.429 e. The molecular weight excluding hydrogens is 676 g/mol. The number of rotatable bonds is 15. The Labute approximate surface area is 311 Å². The molecule has 3 aromatic rings. The minimum atomic E-state index is -1.03. The second-order valence-corrected chi connectivity index (χ2v) is 14.3. The Morgan fingerprint density at radius 1 is 0.925 bits per heavy atom. The van der Waals surface area contributed by atoms with Gasteiger partial charge in [0.2, 0.25) is 18.3 Å². The monoisotopic (exact) mass is 726 g/mol. The fourth-order valence-electron chi connectivity index (χ4n) is 7.42. The van der Waals surface area contributed by atoms with E-state index in [1.54, 1.807) is 12.3 Å². The van der Waals surface area contributed by atoms with Crippen molar-refractivity contribution in [2.45, 2.75) is 70.2 Å². The molecule has 14 heteroatoms. The van der Waals surface area contributed by atoms with Gasteiger partial charge in [-0.15, -0.1) is 0 Å². The molecule has 14 nitrogen and oxygen atoms in total. The molecule has 0 bridgehead atoms. The summed E-state index contributed by atoms with van der Waals surface area (Å²) in [6.07, 6.45) is 7.14. The Morgan fingerprint density at radius 3 is 2.28 bits per heavy atom. The van der Waals surface area contributed by atoms with Gasteiger partial charge in [-0.2, -0.15) is 4.98 Å². The van der Waals surface area contributed by atoms with Gasteiger partial charge in [0, 0.05) is 31.9 Å². The molecule has 1 aromatic heterocycles. The van der Waals surface area contributed by atoms with Crippen molar-refractivity contribution in [3.8, 4) is 0 Å². The third-order valence-electron chi connectivity index (χ3n) is 10.4. The Bertz CT molecular complexity index is 1670. The lowest BCUT2D eigenvalue weighted by atomic mass is 9.92. The zero-order valence-corrected chi connectivity index (χ0v) is 30.6. The number of hydrogen-bond acceptors (Lipinski definition) is 10. The van der Waals surface area contributed by atoms with E-state index in [1.165, 1.54) is 10.0 Å². The van der Waals surface area contributed by atoms with Crippen LogP contribution < -0.4 is 10.2 Å². The quantitative estimate of drug-likeness (QED) is 0.176. The molecule has 3 fully saturated rings. The third-order valence-corrected chi connectivity index (χ3v) is 10.4. The summed E-state index contributed by atoms with van der Waals surface area (Å²) < 4.78 is 5.68. The average molecular weight is 727 g/mol. The summed E-state index contributed by atoms with van der Waals surface area (Å²) in [5.74, 6) is -0.606. The normalized spacial score (nSPS) is 19.4. The number of hydroxylamine groups is 2. The predicted octanol–water partition coefficient (Wildman–Crippen LogP) is 4.50. The van der Waals surface area contributed by atoms with Gasteiger partial charge in [-0.1, -0.05) is 86.3 Å². The molecule has 0 spiro atoms. The molecule has 3 aliphatic rings. The fraction of sp³-hybridized carbons (Fsp3) is 0.487. The van der Waals surface area contributed by atoms with E-state index in [9.17, 15) is 19.2 Å². The van der Waals surface area contributed by atoms with Crippen LogP contribution in [-0.2, 0) is 37.2 Å². The molecule has 6 rings (SSSR count). The van der Waals surface area contributed by atoms with Crippen molar-refractivity contribution in [3.05, 3.63) is 84.1 Å². The topological polar surface area (TPSA) is 141 Å². The highest BCUT2D eigenvalue weighted by atomic mass is 16.7. The number of amides is 4. The highest BCUT2D eigenvalue weighted by molar-refractivity contribution is 5.98. The van der Waals surface area contributed by atoms with Crippen LogP contribution in [0.15, 0.2) is 72.9 Å². The van der Waals surface area contributed by atoms with Crippen LogP contribution in [0.25, 0.3) is 0 Å². The predicted molar refractivity (Wildman–Crippen MR) is 198 cm³/mol. The molecule has 282 valence electrons. The van der Waals surface area contributed by atoms with Crippen LogP contribution in [0.1, 0.15) is 56.1 Å². The number of carbonyl (C=O) groups excluding carboxylic acids is 4. The van der Waals surface area contributed by atoms with Gasteiger partial charge in [-0.3, -0.25) is 19.2 Å². The number of nitrogens with zero attached hydrogens (tertiary/aromatic N) is 7. The van der Waals surface area contributed by atoms with Crippen LogP contribution in [0.4, 0.5) is 16.6 Å². The summed E-state index contributed by atoms with van der Waals surface area (Å²) in [5.41, 5.74) is 1.66. The summed E-state index contributed by atoms with van der Waals surface area (Å²) in [5, 5.41) is 6.51. The summed E-state index contributed by atoms with van der Waals surface area (Å²) in [7, 11) is 4.10. The number of nitrogens with one attached hydrogen (secondary N) is 1. The SMILES string of the molecule is CN(C)[C@H]1CCN(c2nccc(NC(=O)[C@@H]3CCN(C(=O)OCc4ccccc4)N3C(=O)[C@H](CC3CCCC3)CN(C=O)OCc3ccccc3)n2)C1. The molecule has 53 heavy (non-hydrogen) atoms. The molecule has 1 saturated carbocycles. The van der Waals surface area contributed by atoms with E-state index in [0.717, 1.165) is 61.4 Å². The van der Waals surface area contributed by atoms with E-state index >= 15 is 0 Å². The van der Waals surface area contributed by atoms with E-state index < -0.39 is 29.9 Å². The first kappa shape index (κ1) is 37.7. The second kappa shape index (κ2) is 18.1. The minimum absolute atomic E-state index is 0.00169. The van der Waals surface area contributed by atoms with Gasteiger partial charge in [0.25, 0.3) is 5.91 Å². The lowest BCUT2D eigenvalue weighted by Crippen LogP contribution is -2.55. The van der Waals surface area contributed by atoms with Crippen molar-refractivity contribution >= 4 is 36.1 Å². The molecule has 0 radical (unpaired) electrons. The first-order valence-corrected chi connectivity index (χ1v) is 18.5. The Morgan fingerprint density at radius 2 is 1.62 bits per heavy atom. The van der Waals surface area contributed by atoms with Crippen molar-refractivity contribution in [3.63, 3.8) is 0 Å². The zero-order chi connectivity index (χ0) is 37.2. The lowest BCUT2D eigenvalue weighted by Gasteiger charge is -2.35. The maximum absolute atomic E-state index is 14.8.